The van der Waals surface area contributed by atoms with E-state index in [2.05, 4.69) is 12.1 Å². The lowest BCUT2D eigenvalue weighted by Gasteiger charge is -2.35. The van der Waals surface area contributed by atoms with Gasteiger partial charge < -0.3 is 19.1 Å². The van der Waals surface area contributed by atoms with E-state index in [0.717, 1.165) is 49.3 Å². The number of hydrogen-bond donors (Lipinski definition) is 0. The van der Waals surface area contributed by atoms with Gasteiger partial charge in [0, 0.05) is 6.54 Å². The van der Waals surface area contributed by atoms with Gasteiger partial charge in [-0.2, -0.15) is 0 Å². The Morgan fingerprint density at radius 1 is 1.04 bits per heavy atom. The number of carbonyl (C=O) groups is 1. The Morgan fingerprint density at radius 2 is 1.73 bits per heavy atom. The molecule has 0 aromatic heterocycles. The maximum absolute atomic E-state index is 11.6. The molecule has 5 heteroatoms. The Labute approximate surface area is 154 Å². The number of nitrogens with zero attached hydrogens (tertiary/aromatic N) is 1. The van der Waals surface area contributed by atoms with E-state index < -0.39 is 0 Å². The highest BCUT2D eigenvalue weighted by Crippen LogP contribution is 2.39. The van der Waals surface area contributed by atoms with Crippen LogP contribution in [0.5, 0.6) is 17.2 Å². The zero-order chi connectivity index (χ0) is 18.5. The van der Waals surface area contributed by atoms with Gasteiger partial charge in [-0.25, -0.2) is 0 Å². The average molecular weight is 355 g/mol. The van der Waals surface area contributed by atoms with Gasteiger partial charge in [0.05, 0.1) is 27.4 Å². The van der Waals surface area contributed by atoms with Crippen LogP contribution in [0.25, 0.3) is 0 Å². The smallest absolute Gasteiger partial charge is 0.210 e. The monoisotopic (exact) mass is 355 g/mol. The molecule has 0 aliphatic carbocycles. The SMILES string of the molecule is COc1ccc(CCC2c3cc(OC)c(OC)cc3CCN2C=O)cc1. The van der Waals surface area contributed by atoms with Crippen molar-refractivity contribution in [3.8, 4) is 17.2 Å². The second kappa shape index (κ2) is 8.13. The minimum atomic E-state index is 0.0400. The van der Waals surface area contributed by atoms with Gasteiger partial charge in [-0.3, -0.25) is 4.79 Å². The normalized spacial score (nSPS) is 16.0. The third-order valence-electron chi connectivity index (χ3n) is 5.04. The van der Waals surface area contributed by atoms with Crippen LogP contribution in [0.2, 0.25) is 0 Å². The maximum Gasteiger partial charge on any atom is 0.210 e. The minimum absolute atomic E-state index is 0.0400. The molecule has 0 fully saturated rings. The Hall–Kier alpha value is -2.69. The van der Waals surface area contributed by atoms with Crippen LogP contribution in [-0.4, -0.2) is 39.2 Å². The molecule has 138 valence electrons. The number of amides is 1. The first kappa shape index (κ1) is 18.1. The highest BCUT2D eigenvalue weighted by Gasteiger charge is 2.28. The van der Waals surface area contributed by atoms with Crippen molar-refractivity contribution < 1.29 is 19.0 Å². The summed E-state index contributed by atoms with van der Waals surface area (Å²) in [6, 6.07) is 12.2. The summed E-state index contributed by atoms with van der Waals surface area (Å²) >= 11 is 0. The molecule has 3 rings (SSSR count). The van der Waals surface area contributed by atoms with E-state index in [9.17, 15) is 4.79 Å². The van der Waals surface area contributed by atoms with Gasteiger partial charge in [0.1, 0.15) is 5.75 Å². The van der Waals surface area contributed by atoms with Crippen molar-refractivity contribution in [1.29, 1.82) is 0 Å². The molecule has 0 saturated carbocycles. The lowest BCUT2D eigenvalue weighted by atomic mass is 9.88. The highest BCUT2D eigenvalue weighted by molar-refractivity contribution is 5.55. The summed E-state index contributed by atoms with van der Waals surface area (Å²) in [5.74, 6) is 2.29. The second-order valence-corrected chi connectivity index (χ2v) is 6.40. The fourth-order valence-corrected chi connectivity index (χ4v) is 3.59. The first-order valence-electron chi connectivity index (χ1n) is 8.79. The van der Waals surface area contributed by atoms with Crippen LogP contribution in [-0.2, 0) is 17.6 Å². The van der Waals surface area contributed by atoms with Gasteiger partial charge >= 0.3 is 0 Å². The molecule has 0 N–H and O–H groups in total. The predicted molar refractivity (Wildman–Crippen MR) is 100 cm³/mol. The third-order valence-corrected chi connectivity index (χ3v) is 5.04. The zero-order valence-corrected chi connectivity index (χ0v) is 15.5. The molecule has 0 saturated heterocycles. The van der Waals surface area contributed by atoms with E-state index in [-0.39, 0.29) is 6.04 Å². The van der Waals surface area contributed by atoms with Crippen LogP contribution in [0.15, 0.2) is 36.4 Å². The molecule has 2 aromatic carbocycles. The van der Waals surface area contributed by atoms with Crippen molar-refractivity contribution in [2.24, 2.45) is 0 Å². The number of rotatable bonds is 7. The number of fused-ring (bicyclic) bond motifs is 1. The number of benzene rings is 2. The molecule has 1 amide bonds. The maximum atomic E-state index is 11.6. The van der Waals surface area contributed by atoms with Crippen LogP contribution >= 0.6 is 0 Å². The summed E-state index contributed by atoms with van der Waals surface area (Å²) in [6.45, 7) is 0.721. The van der Waals surface area contributed by atoms with Gasteiger partial charge in [-0.05, 0) is 60.2 Å². The topological polar surface area (TPSA) is 48.0 Å². The van der Waals surface area contributed by atoms with Crippen molar-refractivity contribution >= 4 is 6.41 Å². The van der Waals surface area contributed by atoms with Crippen molar-refractivity contribution in [3.63, 3.8) is 0 Å². The predicted octanol–water partition coefficient (Wildman–Crippen LogP) is 3.40. The molecule has 26 heavy (non-hydrogen) atoms. The Kier molecular flexibility index (Phi) is 5.66. The van der Waals surface area contributed by atoms with Crippen molar-refractivity contribution in [1.82, 2.24) is 4.90 Å². The second-order valence-electron chi connectivity index (χ2n) is 6.40. The minimum Gasteiger partial charge on any atom is -0.497 e. The highest BCUT2D eigenvalue weighted by atomic mass is 16.5. The Balaban J connectivity index is 1.85. The van der Waals surface area contributed by atoms with Crippen molar-refractivity contribution in [2.75, 3.05) is 27.9 Å². The van der Waals surface area contributed by atoms with E-state index >= 15 is 0 Å². The quantitative estimate of drug-likeness (QED) is 0.714. The molecule has 2 aromatic rings. The van der Waals surface area contributed by atoms with Gasteiger partial charge in [-0.15, -0.1) is 0 Å². The number of carbonyl (C=O) groups excluding carboxylic acids is 1. The first-order valence-corrected chi connectivity index (χ1v) is 8.79. The lowest BCUT2D eigenvalue weighted by Crippen LogP contribution is -2.34. The van der Waals surface area contributed by atoms with Gasteiger partial charge in [0.15, 0.2) is 11.5 Å². The van der Waals surface area contributed by atoms with E-state index in [0.29, 0.717) is 5.75 Å². The lowest BCUT2D eigenvalue weighted by molar-refractivity contribution is -0.120. The number of aryl methyl sites for hydroxylation is 1. The standard InChI is InChI=1S/C21H25NO4/c1-24-17-7-4-15(5-8-17)6-9-19-18-13-21(26-3)20(25-2)12-16(18)10-11-22(19)14-23/h4-5,7-8,12-14,19H,6,9-11H2,1-3H3. The zero-order valence-electron chi connectivity index (χ0n) is 15.5. The summed E-state index contributed by atoms with van der Waals surface area (Å²) in [5.41, 5.74) is 3.60. The average Bonchev–Trinajstić information content (AvgIpc) is 2.71. The summed E-state index contributed by atoms with van der Waals surface area (Å²) in [4.78, 5) is 13.5. The van der Waals surface area contributed by atoms with Crippen LogP contribution in [0, 0.1) is 0 Å². The Bertz CT molecular complexity index is 757. The number of methoxy groups -OCH3 is 3. The van der Waals surface area contributed by atoms with Gasteiger partial charge in [-0.1, -0.05) is 12.1 Å². The molecule has 5 nitrogen and oxygen atoms in total. The molecular formula is C21H25NO4. The summed E-state index contributed by atoms with van der Waals surface area (Å²) in [6.07, 6.45) is 3.52. The van der Waals surface area contributed by atoms with E-state index in [1.807, 2.05) is 29.2 Å². The van der Waals surface area contributed by atoms with E-state index in [4.69, 9.17) is 14.2 Å². The van der Waals surface area contributed by atoms with E-state index in [1.54, 1.807) is 21.3 Å². The summed E-state index contributed by atoms with van der Waals surface area (Å²) in [7, 11) is 4.94. The molecular weight excluding hydrogens is 330 g/mol. The molecule has 0 bridgehead atoms. The number of ether oxygens (including phenoxy) is 3. The molecule has 1 heterocycles. The van der Waals surface area contributed by atoms with Crippen LogP contribution in [0.1, 0.15) is 29.2 Å². The van der Waals surface area contributed by atoms with E-state index in [1.165, 1.54) is 11.1 Å². The first-order chi connectivity index (χ1) is 12.7. The largest absolute Gasteiger partial charge is 0.497 e. The molecule has 1 aliphatic heterocycles. The van der Waals surface area contributed by atoms with Crippen molar-refractivity contribution in [3.05, 3.63) is 53.1 Å². The third kappa shape index (κ3) is 3.62. The molecule has 1 aliphatic rings. The molecule has 1 unspecified atom stereocenters. The Morgan fingerprint density at radius 3 is 2.35 bits per heavy atom. The van der Waals surface area contributed by atoms with Gasteiger partial charge in [0.25, 0.3) is 0 Å². The summed E-state index contributed by atoms with van der Waals surface area (Å²) < 4.78 is 16.1. The molecule has 0 radical (unpaired) electrons. The molecule has 0 spiro atoms. The number of hydrogen-bond acceptors (Lipinski definition) is 4. The molecule has 1 atom stereocenters. The van der Waals surface area contributed by atoms with Crippen LogP contribution in [0.3, 0.4) is 0 Å². The van der Waals surface area contributed by atoms with Crippen LogP contribution in [0.4, 0.5) is 0 Å². The van der Waals surface area contributed by atoms with Crippen molar-refractivity contribution in [2.45, 2.75) is 25.3 Å². The van der Waals surface area contributed by atoms with Gasteiger partial charge in [0.2, 0.25) is 6.41 Å². The fraction of sp³-hybridized carbons (Fsp3) is 0.381. The van der Waals surface area contributed by atoms with Crippen LogP contribution < -0.4 is 14.2 Å². The fourth-order valence-electron chi connectivity index (χ4n) is 3.59. The summed E-state index contributed by atoms with van der Waals surface area (Å²) in [5, 5.41) is 0.